The van der Waals surface area contributed by atoms with Gasteiger partial charge in [0, 0.05) is 0 Å². The highest BCUT2D eigenvalue weighted by Gasteiger charge is 2.08. The minimum Gasteiger partial charge on any atom is -0.0622 e. The molecule has 0 heteroatoms. The van der Waals surface area contributed by atoms with Crippen molar-refractivity contribution >= 4 is 0 Å². The van der Waals surface area contributed by atoms with E-state index in [1.54, 1.807) is 0 Å². The number of hydrogen-bond acceptors (Lipinski definition) is 0. The maximum Gasteiger partial charge on any atom is -0.00203 e. The third-order valence-corrected chi connectivity index (χ3v) is 5.63. The molecule has 0 N–H and O–H groups in total. The van der Waals surface area contributed by atoms with Gasteiger partial charge in [-0.1, -0.05) is 108 Å². The molecule has 0 aromatic heterocycles. The normalized spacial score (nSPS) is 9.74. The molecule has 0 aliphatic carbocycles. The third-order valence-electron chi connectivity index (χ3n) is 5.63. The molecule has 4 rings (SSSR count). The Labute approximate surface area is 189 Å². The van der Waals surface area contributed by atoms with Crippen LogP contribution in [0.2, 0.25) is 0 Å². The first-order valence-electron chi connectivity index (χ1n) is 11.0. The Morgan fingerprint density at radius 1 is 0.452 bits per heavy atom. The Hall–Kier alpha value is -3.12. The van der Waals surface area contributed by atoms with E-state index in [0.29, 0.717) is 0 Å². The average molecular weight is 409 g/mol. The molecule has 0 radical (unpaired) electrons. The highest BCUT2D eigenvalue weighted by molar-refractivity contribution is 5.46. The van der Waals surface area contributed by atoms with Crippen LogP contribution < -0.4 is 0 Å². The minimum absolute atomic E-state index is 1.04. The molecular formula is C31H36. The fourth-order valence-electron chi connectivity index (χ4n) is 3.43. The van der Waals surface area contributed by atoms with Crippen molar-refractivity contribution in [3.05, 3.63) is 142 Å². The minimum atomic E-state index is 1.04. The standard InChI is InChI=1S/C17H20.2C7H8/c1-12-10-13(2)15(4)17(14(12)3)11-16-8-6-5-7-9-16;2*1-7-5-3-2-4-6-7/h5-10H,11H2,1-4H3;2*2-6H,1H3. The number of benzene rings is 4. The van der Waals surface area contributed by atoms with E-state index in [0.717, 1.165) is 6.42 Å². The molecule has 0 unspecified atom stereocenters. The van der Waals surface area contributed by atoms with Gasteiger partial charge in [0.05, 0.1) is 0 Å². The second-order valence-electron chi connectivity index (χ2n) is 8.21. The third kappa shape index (κ3) is 8.26. The van der Waals surface area contributed by atoms with Crippen LogP contribution in [0.15, 0.2) is 97.1 Å². The van der Waals surface area contributed by atoms with E-state index in [9.17, 15) is 0 Å². The Balaban J connectivity index is 0.000000199. The van der Waals surface area contributed by atoms with Crippen LogP contribution in [-0.4, -0.2) is 0 Å². The maximum absolute atomic E-state index is 2.29. The van der Waals surface area contributed by atoms with Crippen LogP contribution in [-0.2, 0) is 6.42 Å². The molecule has 160 valence electrons. The topological polar surface area (TPSA) is 0 Å². The molecule has 0 nitrogen and oxygen atoms in total. The monoisotopic (exact) mass is 408 g/mol. The van der Waals surface area contributed by atoms with Crippen molar-refractivity contribution in [2.45, 2.75) is 48.0 Å². The fraction of sp³-hybridized carbons (Fsp3) is 0.226. The largest absolute Gasteiger partial charge is 0.0622 e. The second kappa shape index (κ2) is 12.5. The van der Waals surface area contributed by atoms with Crippen LogP contribution in [0.4, 0.5) is 0 Å². The van der Waals surface area contributed by atoms with Gasteiger partial charge in [-0.3, -0.25) is 0 Å². The molecule has 0 saturated carbocycles. The zero-order valence-electron chi connectivity index (χ0n) is 19.9. The van der Waals surface area contributed by atoms with E-state index in [1.807, 2.05) is 36.4 Å². The van der Waals surface area contributed by atoms with Gasteiger partial charge in [-0.25, -0.2) is 0 Å². The van der Waals surface area contributed by atoms with Crippen LogP contribution in [0.1, 0.15) is 44.5 Å². The van der Waals surface area contributed by atoms with Crippen LogP contribution in [0.3, 0.4) is 0 Å². The summed E-state index contributed by atoms with van der Waals surface area (Å²) in [5.74, 6) is 0. The lowest BCUT2D eigenvalue weighted by atomic mass is 9.90. The first-order valence-corrected chi connectivity index (χ1v) is 11.0. The smallest absolute Gasteiger partial charge is 0.00203 e. The van der Waals surface area contributed by atoms with Gasteiger partial charge in [0.15, 0.2) is 0 Å². The number of rotatable bonds is 2. The van der Waals surface area contributed by atoms with Gasteiger partial charge in [0.25, 0.3) is 0 Å². The second-order valence-corrected chi connectivity index (χ2v) is 8.21. The fourth-order valence-corrected chi connectivity index (χ4v) is 3.43. The molecular weight excluding hydrogens is 372 g/mol. The van der Waals surface area contributed by atoms with Crippen molar-refractivity contribution in [1.82, 2.24) is 0 Å². The van der Waals surface area contributed by atoms with Gasteiger partial charge in [-0.2, -0.15) is 0 Å². The van der Waals surface area contributed by atoms with Gasteiger partial charge in [0.2, 0.25) is 0 Å². The molecule has 31 heavy (non-hydrogen) atoms. The quantitative estimate of drug-likeness (QED) is 0.312. The van der Waals surface area contributed by atoms with Crippen molar-refractivity contribution in [1.29, 1.82) is 0 Å². The molecule has 0 aliphatic heterocycles. The molecule has 4 aromatic rings. The zero-order chi connectivity index (χ0) is 22.6. The Bertz CT molecular complexity index is 966. The molecule has 0 aliphatic rings. The van der Waals surface area contributed by atoms with E-state index in [1.165, 1.54) is 44.5 Å². The van der Waals surface area contributed by atoms with E-state index < -0.39 is 0 Å². The summed E-state index contributed by atoms with van der Waals surface area (Å²) in [5, 5.41) is 0. The molecule has 0 fully saturated rings. The molecule has 0 saturated heterocycles. The summed E-state index contributed by atoms with van der Waals surface area (Å²) in [5.41, 5.74) is 11.2. The van der Waals surface area contributed by atoms with E-state index in [4.69, 9.17) is 0 Å². The number of hydrogen-bond donors (Lipinski definition) is 0. The van der Waals surface area contributed by atoms with Gasteiger partial charge in [0.1, 0.15) is 0 Å². The van der Waals surface area contributed by atoms with Gasteiger partial charge in [-0.05, 0) is 81.3 Å². The molecule has 0 spiro atoms. The molecule has 0 bridgehead atoms. The van der Waals surface area contributed by atoms with Crippen LogP contribution in [0.5, 0.6) is 0 Å². The molecule has 0 amide bonds. The SMILES string of the molecule is Cc1cc(C)c(C)c(Cc2ccccc2)c1C.Cc1ccccc1.Cc1ccccc1. The number of aryl methyl sites for hydroxylation is 4. The summed E-state index contributed by atoms with van der Waals surface area (Å²) < 4.78 is 0. The Morgan fingerprint density at radius 3 is 1.13 bits per heavy atom. The average Bonchev–Trinajstić information content (AvgIpc) is 2.78. The van der Waals surface area contributed by atoms with Gasteiger partial charge >= 0.3 is 0 Å². The highest BCUT2D eigenvalue weighted by Crippen LogP contribution is 2.24. The maximum atomic E-state index is 2.29. The predicted molar refractivity (Wildman–Crippen MR) is 137 cm³/mol. The van der Waals surface area contributed by atoms with Crippen molar-refractivity contribution < 1.29 is 0 Å². The predicted octanol–water partition coefficient (Wildman–Crippen LogP) is 8.50. The summed E-state index contributed by atoms with van der Waals surface area (Å²) in [4.78, 5) is 0. The van der Waals surface area contributed by atoms with Gasteiger partial charge < -0.3 is 0 Å². The summed E-state index contributed by atoms with van der Waals surface area (Å²) in [6, 6.07) is 33.5. The summed E-state index contributed by atoms with van der Waals surface area (Å²) in [6.45, 7) is 13.0. The van der Waals surface area contributed by atoms with Crippen molar-refractivity contribution in [2.24, 2.45) is 0 Å². The Kier molecular flexibility index (Phi) is 9.78. The zero-order valence-corrected chi connectivity index (χ0v) is 19.9. The van der Waals surface area contributed by atoms with Crippen molar-refractivity contribution in [3.63, 3.8) is 0 Å². The van der Waals surface area contributed by atoms with Crippen molar-refractivity contribution in [3.8, 4) is 0 Å². The molecule has 0 atom stereocenters. The van der Waals surface area contributed by atoms with E-state index in [-0.39, 0.29) is 0 Å². The van der Waals surface area contributed by atoms with Crippen molar-refractivity contribution in [2.75, 3.05) is 0 Å². The van der Waals surface area contributed by atoms with Crippen LogP contribution >= 0.6 is 0 Å². The molecule has 0 heterocycles. The lowest BCUT2D eigenvalue weighted by molar-refractivity contribution is 1.08. The molecule has 4 aromatic carbocycles. The summed E-state index contributed by atoms with van der Waals surface area (Å²) in [7, 11) is 0. The van der Waals surface area contributed by atoms with Crippen LogP contribution in [0, 0.1) is 41.5 Å². The summed E-state index contributed by atoms with van der Waals surface area (Å²) in [6.07, 6.45) is 1.04. The van der Waals surface area contributed by atoms with Gasteiger partial charge in [-0.15, -0.1) is 0 Å². The highest BCUT2D eigenvalue weighted by atomic mass is 14.1. The van der Waals surface area contributed by atoms with Crippen LogP contribution in [0.25, 0.3) is 0 Å². The summed E-state index contributed by atoms with van der Waals surface area (Å²) >= 11 is 0. The first kappa shape index (κ1) is 24.2. The lowest BCUT2D eigenvalue weighted by Gasteiger charge is -2.15. The first-order chi connectivity index (χ1) is 14.9. The van der Waals surface area contributed by atoms with E-state index in [2.05, 4.69) is 102 Å². The lowest BCUT2D eigenvalue weighted by Crippen LogP contribution is -2.00. The van der Waals surface area contributed by atoms with E-state index >= 15 is 0 Å². The Morgan fingerprint density at radius 2 is 0.806 bits per heavy atom.